The molecule has 1 aliphatic rings. The van der Waals surface area contributed by atoms with Gasteiger partial charge >= 0.3 is 5.97 Å². The number of hydrogen-bond acceptors (Lipinski definition) is 3. The summed E-state index contributed by atoms with van der Waals surface area (Å²) in [5.41, 5.74) is 0. The molecule has 1 rings (SSSR count). The first-order valence-corrected chi connectivity index (χ1v) is 4.89. The Morgan fingerprint density at radius 3 is 2.80 bits per heavy atom. The van der Waals surface area contributed by atoms with Gasteiger partial charge < -0.3 is 10.0 Å². The van der Waals surface area contributed by atoms with Crippen LogP contribution in [0.3, 0.4) is 0 Å². The van der Waals surface area contributed by atoms with Crippen molar-refractivity contribution >= 4 is 11.9 Å². The summed E-state index contributed by atoms with van der Waals surface area (Å²) in [6.45, 7) is 4.93. The topological polar surface area (TPSA) is 60.9 Å². The highest BCUT2D eigenvalue weighted by molar-refractivity contribution is 5.80. The lowest BCUT2D eigenvalue weighted by Crippen LogP contribution is -2.43. The van der Waals surface area contributed by atoms with E-state index in [9.17, 15) is 9.59 Å². The molecule has 0 spiro atoms. The van der Waals surface area contributed by atoms with Crippen molar-refractivity contribution in [1.82, 2.24) is 9.80 Å². The third kappa shape index (κ3) is 2.79. The molecule has 15 heavy (non-hydrogen) atoms. The molecule has 1 atom stereocenters. The molecule has 1 amide bonds. The number of aliphatic carboxylic acids is 1. The fraction of sp³-hybridized carbons (Fsp3) is 0.600. The Morgan fingerprint density at radius 2 is 2.27 bits per heavy atom. The summed E-state index contributed by atoms with van der Waals surface area (Å²) in [5.74, 6) is -0.997. The molecular weight excluding hydrogens is 196 g/mol. The van der Waals surface area contributed by atoms with Crippen LogP contribution in [0.1, 0.15) is 6.42 Å². The average Bonchev–Trinajstić information content (AvgIpc) is 2.31. The minimum absolute atomic E-state index is 0.0411. The second-order valence-corrected chi connectivity index (χ2v) is 3.66. The van der Waals surface area contributed by atoms with Gasteiger partial charge in [-0.25, -0.2) is 0 Å². The van der Waals surface area contributed by atoms with Crippen molar-refractivity contribution in [3.05, 3.63) is 12.7 Å². The van der Waals surface area contributed by atoms with E-state index in [2.05, 4.69) is 6.58 Å². The number of likely N-dealkylation sites (N-methyl/N-ethyl adjacent to an activating group) is 1. The Bertz CT molecular complexity index is 278. The summed E-state index contributed by atoms with van der Waals surface area (Å²) in [7, 11) is 1.73. The molecule has 1 fully saturated rings. The number of carbonyl (C=O) groups excluding carboxylic acids is 1. The molecule has 1 unspecified atom stereocenters. The number of carboxylic acids is 1. The summed E-state index contributed by atoms with van der Waals surface area (Å²) in [6, 6.07) is -0.763. The second-order valence-electron chi connectivity index (χ2n) is 3.66. The first kappa shape index (κ1) is 11.7. The molecule has 0 aromatic heterocycles. The molecule has 0 aromatic rings. The van der Waals surface area contributed by atoms with Gasteiger partial charge in [-0.05, 0) is 6.42 Å². The van der Waals surface area contributed by atoms with E-state index in [1.807, 2.05) is 0 Å². The van der Waals surface area contributed by atoms with Crippen molar-refractivity contribution in [2.45, 2.75) is 12.5 Å². The lowest BCUT2D eigenvalue weighted by atomic mass is 10.2. The fourth-order valence-corrected chi connectivity index (χ4v) is 1.65. The van der Waals surface area contributed by atoms with Crippen LogP contribution >= 0.6 is 0 Å². The third-order valence-corrected chi connectivity index (χ3v) is 2.57. The van der Waals surface area contributed by atoms with E-state index in [1.165, 1.54) is 6.08 Å². The lowest BCUT2D eigenvalue weighted by molar-refractivity contribution is -0.142. The molecule has 5 nitrogen and oxygen atoms in total. The highest BCUT2D eigenvalue weighted by Gasteiger charge is 2.27. The second kappa shape index (κ2) is 4.93. The summed E-state index contributed by atoms with van der Waals surface area (Å²) in [5, 5.41) is 8.93. The smallest absolute Gasteiger partial charge is 0.324 e. The molecule has 0 aliphatic carbocycles. The van der Waals surface area contributed by atoms with Crippen LogP contribution in [0.15, 0.2) is 12.7 Å². The SMILES string of the molecule is C=CC(C(=O)O)N1CCCN(C)C(=O)C1. The lowest BCUT2D eigenvalue weighted by Gasteiger charge is -2.23. The van der Waals surface area contributed by atoms with Gasteiger partial charge in [-0.2, -0.15) is 0 Å². The molecule has 5 heteroatoms. The summed E-state index contributed by atoms with van der Waals surface area (Å²) in [4.78, 5) is 25.7. The van der Waals surface area contributed by atoms with Gasteiger partial charge in [0.25, 0.3) is 0 Å². The normalized spacial score (nSPS) is 20.9. The first-order valence-electron chi connectivity index (χ1n) is 4.89. The number of carboxylic acid groups (broad SMARTS) is 1. The van der Waals surface area contributed by atoms with Crippen molar-refractivity contribution in [3.8, 4) is 0 Å². The number of amides is 1. The predicted octanol–water partition coefficient (Wildman–Crippen LogP) is -0.210. The molecule has 1 N–H and O–H groups in total. The van der Waals surface area contributed by atoms with E-state index < -0.39 is 12.0 Å². The molecule has 0 radical (unpaired) electrons. The minimum atomic E-state index is -0.956. The zero-order chi connectivity index (χ0) is 11.4. The van der Waals surface area contributed by atoms with Gasteiger partial charge in [-0.1, -0.05) is 6.08 Å². The zero-order valence-electron chi connectivity index (χ0n) is 8.85. The van der Waals surface area contributed by atoms with E-state index >= 15 is 0 Å². The van der Waals surface area contributed by atoms with E-state index in [0.29, 0.717) is 13.1 Å². The van der Waals surface area contributed by atoms with Crippen molar-refractivity contribution in [1.29, 1.82) is 0 Å². The molecule has 0 saturated carbocycles. The number of nitrogens with zero attached hydrogens (tertiary/aromatic N) is 2. The molecule has 1 aliphatic heterocycles. The van der Waals surface area contributed by atoms with Crippen molar-refractivity contribution in [2.75, 3.05) is 26.7 Å². The van der Waals surface area contributed by atoms with Gasteiger partial charge in [0.15, 0.2) is 0 Å². The molecule has 0 aromatic carbocycles. The molecular formula is C10H16N2O3. The Morgan fingerprint density at radius 1 is 1.60 bits per heavy atom. The minimum Gasteiger partial charge on any atom is -0.480 e. The largest absolute Gasteiger partial charge is 0.480 e. The van der Waals surface area contributed by atoms with Crippen LogP contribution in [-0.2, 0) is 9.59 Å². The van der Waals surface area contributed by atoms with Gasteiger partial charge in [0.2, 0.25) is 5.91 Å². The Balaban J connectivity index is 2.72. The van der Waals surface area contributed by atoms with Crippen molar-refractivity contribution in [3.63, 3.8) is 0 Å². The van der Waals surface area contributed by atoms with Gasteiger partial charge in [0, 0.05) is 20.1 Å². The monoisotopic (exact) mass is 212 g/mol. The molecule has 1 heterocycles. The third-order valence-electron chi connectivity index (χ3n) is 2.57. The Kier molecular flexibility index (Phi) is 3.85. The van der Waals surface area contributed by atoms with Gasteiger partial charge in [-0.15, -0.1) is 6.58 Å². The van der Waals surface area contributed by atoms with Crippen LogP contribution < -0.4 is 0 Å². The van der Waals surface area contributed by atoms with Crippen molar-refractivity contribution in [2.24, 2.45) is 0 Å². The van der Waals surface area contributed by atoms with Crippen LogP contribution in [0.2, 0.25) is 0 Å². The maximum absolute atomic E-state index is 11.5. The summed E-state index contributed by atoms with van der Waals surface area (Å²) < 4.78 is 0. The highest BCUT2D eigenvalue weighted by Crippen LogP contribution is 2.08. The van der Waals surface area contributed by atoms with Gasteiger partial charge in [0.1, 0.15) is 6.04 Å². The molecule has 84 valence electrons. The fourth-order valence-electron chi connectivity index (χ4n) is 1.65. The number of hydrogen-bond donors (Lipinski definition) is 1. The van der Waals surface area contributed by atoms with E-state index in [1.54, 1.807) is 16.8 Å². The molecule has 1 saturated heterocycles. The maximum Gasteiger partial charge on any atom is 0.324 e. The Hall–Kier alpha value is -1.36. The Labute approximate surface area is 89.0 Å². The number of carbonyl (C=O) groups is 2. The van der Waals surface area contributed by atoms with Crippen LogP contribution in [0.25, 0.3) is 0 Å². The van der Waals surface area contributed by atoms with E-state index in [0.717, 1.165) is 6.42 Å². The van der Waals surface area contributed by atoms with Gasteiger partial charge in [0.05, 0.1) is 6.54 Å². The average molecular weight is 212 g/mol. The van der Waals surface area contributed by atoms with Crippen LogP contribution in [0.5, 0.6) is 0 Å². The quantitative estimate of drug-likeness (QED) is 0.658. The molecule has 0 bridgehead atoms. The van der Waals surface area contributed by atoms with E-state index in [4.69, 9.17) is 5.11 Å². The van der Waals surface area contributed by atoms with Gasteiger partial charge in [-0.3, -0.25) is 14.5 Å². The van der Waals surface area contributed by atoms with Crippen LogP contribution in [-0.4, -0.2) is 59.5 Å². The standard InChI is InChI=1S/C10H16N2O3/c1-3-8(10(14)15)12-6-4-5-11(2)9(13)7-12/h3,8H,1,4-7H2,2H3,(H,14,15). The maximum atomic E-state index is 11.5. The van der Waals surface area contributed by atoms with Crippen LogP contribution in [0, 0.1) is 0 Å². The first-order chi connectivity index (χ1) is 7.06. The summed E-state index contributed by atoms with van der Waals surface area (Å²) >= 11 is 0. The predicted molar refractivity (Wildman–Crippen MR) is 55.4 cm³/mol. The zero-order valence-corrected chi connectivity index (χ0v) is 8.85. The highest BCUT2D eigenvalue weighted by atomic mass is 16.4. The summed E-state index contributed by atoms with van der Waals surface area (Å²) in [6.07, 6.45) is 2.15. The van der Waals surface area contributed by atoms with Crippen LogP contribution in [0.4, 0.5) is 0 Å². The number of rotatable bonds is 3. The van der Waals surface area contributed by atoms with Crippen molar-refractivity contribution < 1.29 is 14.7 Å². The van der Waals surface area contributed by atoms with E-state index in [-0.39, 0.29) is 12.5 Å².